The molecule has 1 N–H and O–H groups in total. The second-order valence-electron chi connectivity index (χ2n) is 6.11. The minimum atomic E-state index is 0.220. The molecule has 1 saturated heterocycles. The van der Waals surface area contributed by atoms with E-state index in [1.54, 1.807) is 0 Å². The van der Waals surface area contributed by atoms with Gasteiger partial charge in [0.25, 0.3) is 5.89 Å². The third kappa shape index (κ3) is 3.10. The van der Waals surface area contributed by atoms with Gasteiger partial charge in [-0.15, -0.1) is 5.10 Å². The number of anilines is 1. The van der Waals surface area contributed by atoms with Gasteiger partial charge in [-0.1, -0.05) is 23.3 Å². The number of nitrogens with zero attached hydrogens (tertiary/aromatic N) is 3. The molecule has 24 heavy (non-hydrogen) atoms. The van der Waals surface area contributed by atoms with Crippen molar-refractivity contribution in [2.75, 3.05) is 18.5 Å². The Morgan fingerprint density at radius 1 is 1.21 bits per heavy atom. The molecule has 6 nitrogen and oxygen atoms in total. The molecule has 1 aliphatic heterocycles. The molecule has 1 fully saturated rings. The Kier molecular flexibility index (Phi) is 4.13. The van der Waals surface area contributed by atoms with E-state index in [0.29, 0.717) is 18.5 Å². The van der Waals surface area contributed by atoms with E-state index in [0.717, 1.165) is 41.6 Å². The van der Waals surface area contributed by atoms with Crippen LogP contribution in [0.5, 0.6) is 0 Å². The fraction of sp³-hybridized carbons (Fsp3) is 0.389. The normalized spacial score (nSPS) is 18.0. The number of pyridine rings is 1. The van der Waals surface area contributed by atoms with E-state index in [1.807, 2.05) is 37.3 Å². The predicted molar refractivity (Wildman–Crippen MR) is 91.9 cm³/mol. The zero-order valence-corrected chi connectivity index (χ0v) is 13.7. The number of para-hydroxylation sites is 1. The summed E-state index contributed by atoms with van der Waals surface area (Å²) in [6, 6.07) is 10.4. The molecule has 0 amide bonds. The summed E-state index contributed by atoms with van der Waals surface area (Å²) in [5.74, 6) is 0.503. The fourth-order valence-corrected chi connectivity index (χ4v) is 3.06. The lowest BCUT2D eigenvalue weighted by molar-refractivity contribution is 0.0245. The van der Waals surface area contributed by atoms with Crippen molar-refractivity contribution in [2.45, 2.75) is 32.3 Å². The highest BCUT2D eigenvalue weighted by Gasteiger charge is 2.16. The molecule has 1 unspecified atom stereocenters. The van der Waals surface area contributed by atoms with Crippen molar-refractivity contribution in [3.8, 4) is 11.5 Å². The Labute approximate surface area is 140 Å². The summed E-state index contributed by atoms with van der Waals surface area (Å²) in [5, 5.41) is 12.5. The van der Waals surface area contributed by atoms with Crippen LogP contribution in [-0.2, 0) is 4.74 Å². The summed E-state index contributed by atoms with van der Waals surface area (Å²) in [4.78, 5) is 4.54. The molecular formula is C18H20N4O2. The Hall–Kier alpha value is -2.47. The highest BCUT2D eigenvalue weighted by molar-refractivity contribution is 5.92. The number of fused-ring (bicyclic) bond motifs is 1. The maximum Gasteiger partial charge on any atom is 0.315 e. The third-order valence-corrected chi connectivity index (χ3v) is 4.25. The number of hydrogen-bond acceptors (Lipinski definition) is 6. The van der Waals surface area contributed by atoms with E-state index in [4.69, 9.17) is 9.15 Å². The molecule has 4 rings (SSSR count). The van der Waals surface area contributed by atoms with E-state index < -0.39 is 0 Å². The van der Waals surface area contributed by atoms with Crippen LogP contribution in [0, 0.1) is 6.92 Å². The molecule has 2 aromatic heterocycles. The number of rotatable bonds is 4. The number of nitrogens with one attached hydrogen (secondary N) is 1. The van der Waals surface area contributed by atoms with Crippen LogP contribution in [0.4, 0.5) is 6.01 Å². The van der Waals surface area contributed by atoms with Gasteiger partial charge >= 0.3 is 6.01 Å². The van der Waals surface area contributed by atoms with Crippen LogP contribution in [0.3, 0.4) is 0 Å². The molecule has 3 aromatic rings. The maximum absolute atomic E-state index is 5.81. The summed E-state index contributed by atoms with van der Waals surface area (Å²) in [6.45, 7) is 3.49. The van der Waals surface area contributed by atoms with Gasteiger partial charge in [0.05, 0.1) is 17.2 Å². The standard InChI is InChI=1S/C18H20N4O2/c1-12-10-15(14-7-2-3-8-16(14)20-12)17-21-22-18(24-17)19-11-13-6-4-5-9-23-13/h2-3,7-8,10,13H,4-6,9,11H2,1H3,(H,19,22). The quantitative estimate of drug-likeness (QED) is 0.791. The van der Waals surface area contributed by atoms with Gasteiger partial charge in [-0.2, -0.15) is 0 Å². The smallest absolute Gasteiger partial charge is 0.315 e. The first-order valence-electron chi connectivity index (χ1n) is 8.35. The van der Waals surface area contributed by atoms with Crippen molar-refractivity contribution in [3.05, 3.63) is 36.0 Å². The molecule has 1 aliphatic rings. The number of ether oxygens (including phenoxy) is 1. The molecule has 0 spiro atoms. The number of aromatic nitrogens is 3. The zero-order chi connectivity index (χ0) is 16.4. The molecule has 6 heteroatoms. The maximum atomic E-state index is 5.81. The Morgan fingerprint density at radius 2 is 2.12 bits per heavy atom. The van der Waals surface area contributed by atoms with Crippen LogP contribution in [0.1, 0.15) is 25.0 Å². The second-order valence-corrected chi connectivity index (χ2v) is 6.11. The first-order chi connectivity index (χ1) is 11.8. The Morgan fingerprint density at radius 3 is 3.00 bits per heavy atom. The van der Waals surface area contributed by atoms with Crippen LogP contribution in [0.15, 0.2) is 34.7 Å². The van der Waals surface area contributed by atoms with Crippen molar-refractivity contribution in [3.63, 3.8) is 0 Å². The average molecular weight is 324 g/mol. The summed E-state index contributed by atoms with van der Waals surface area (Å²) in [5.41, 5.74) is 2.76. The number of aryl methyl sites for hydroxylation is 1. The van der Waals surface area contributed by atoms with Gasteiger partial charge in [0.15, 0.2) is 0 Å². The van der Waals surface area contributed by atoms with Crippen molar-refractivity contribution in [2.24, 2.45) is 0 Å². The first kappa shape index (κ1) is 15.1. The van der Waals surface area contributed by atoms with E-state index in [-0.39, 0.29) is 6.10 Å². The number of hydrogen-bond donors (Lipinski definition) is 1. The summed E-state index contributed by atoms with van der Waals surface area (Å²) in [6.07, 6.45) is 3.65. The van der Waals surface area contributed by atoms with Crippen molar-refractivity contribution in [1.29, 1.82) is 0 Å². The van der Waals surface area contributed by atoms with Crippen LogP contribution in [-0.4, -0.2) is 34.4 Å². The van der Waals surface area contributed by atoms with Crippen LogP contribution in [0.2, 0.25) is 0 Å². The molecule has 0 aliphatic carbocycles. The van der Waals surface area contributed by atoms with Crippen molar-refractivity contribution in [1.82, 2.24) is 15.2 Å². The fourth-order valence-electron chi connectivity index (χ4n) is 3.06. The van der Waals surface area contributed by atoms with Gasteiger partial charge in [0.1, 0.15) is 0 Å². The zero-order valence-electron chi connectivity index (χ0n) is 13.7. The van der Waals surface area contributed by atoms with Gasteiger partial charge in [0.2, 0.25) is 0 Å². The Balaban J connectivity index is 1.56. The summed E-state index contributed by atoms with van der Waals surface area (Å²) < 4.78 is 11.5. The summed E-state index contributed by atoms with van der Waals surface area (Å²) in [7, 11) is 0. The van der Waals surface area contributed by atoms with Crippen LogP contribution in [0.25, 0.3) is 22.4 Å². The second kappa shape index (κ2) is 6.57. The minimum absolute atomic E-state index is 0.220. The topological polar surface area (TPSA) is 73.1 Å². The molecule has 1 atom stereocenters. The molecule has 0 saturated carbocycles. The van der Waals surface area contributed by atoms with Gasteiger partial charge < -0.3 is 14.5 Å². The van der Waals surface area contributed by atoms with Gasteiger partial charge in [-0.25, -0.2) is 0 Å². The van der Waals surface area contributed by atoms with E-state index in [2.05, 4.69) is 20.5 Å². The third-order valence-electron chi connectivity index (χ3n) is 4.25. The van der Waals surface area contributed by atoms with Gasteiger partial charge in [0, 0.05) is 24.2 Å². The SMILES string of the molecule is Cc1cc(-c2nnc(NCC3CCCCO3)o2)c2ccccc2n1. The monoisotopic (exact) mass is 324 g/mol. The highest BCUT2D eigenvalue weighted by Crippen LogP contribution is 2.28. The highest BCUT2D eigenvalue weighted by atomic mass is 16.5. The van der Waals surface area contributed by atoms with E-state index >= 15 is 0 Å². The minimum Gasteiger partial charge on any atom is -0.403 e. The van der Waals surface area contributed by atoms with Crippen LogP contribution < -0.4 is 5.32 Å². The largest absolute Gasteiger partial charge is 0.403 e. The van der Waals surface area contributed by atoms with Crippen molar-refractivity contribution >= 4 is 16.9 Å². The first-order valence-corrected chi connectivity index (χ1v) is 8.35. The lowest BCUT2D eigenvalue weighted by Crippen LogP contribution is -2.27. The van der Waals surface area contributed by atoms with Gasteiger partial charge in [-0.05, 0) is 38.3 Å². The van der Waals surface area contributed by atoms with Gasteiger partial charge in [-0.3, -0.25) is 4.98 Å². The predicted octanol–water partition coefficient (Wildman–Crippen LogP) is 3.57. The van der Waals surface area contributed by atoms with Crippen LogP contribution >= 0.6 is 0 Å². The van der Waals surface area contributed by atoms with E-state index in [1.165, 1.54) is 6.42 Å². The molecule has 124 valence electrons. The Bertz CT molecular complexity index is 840. The molecule has 3 heterocycles. The average Bonchev–Trinajstić information content (AvgIpc) is 3.09. The summed E-state index contributed by atoms with van der Waals surface area (Å²) >= 11 is 0. The number of benzene rings is 1. The molecular weight excluding hydrogens is 304 g/mol. The molecule has 0 bridgehead atoms. The molecule has 0 radical (unpaired) electrons. The van der Waals surface area contributed by atoms with E-state index in [9.17, 15) is 0 Å². The molecule has 1 aromatic carbocycles. The van der Waals surface area contributed by atoms with Crippen molar-refractivity contribution < 1.29 is 9.15 Å². The lowest BCUT2D eigenvalue weighted by atomic mass is 10.1. The lowest BCUT2D eigenvalue weighted by Gasteiger charge is -2.22.